The molecule has 0 bridgehead atoms. The zero-order valence-corrected chi connectivity index (χ0v) is 9.41. The summed E-state index contributed by atoms with van der Waals surface area (Å²) >= 11 is 4.92. The molecule has 16 heavy (non-hydrogen) atoms. The van der Waals surface area contributed by atoms with Gasteiger partial charge in [-0.05, 0) is 17.8 Å². The number of nitrogens with two attached hydrogens (primary N) is 1. The molecule has 0 saturated heterocycles. The molecule has 0 aliphatic heterocycles. The predicted molar refractivity (Wildman–Crippen MR) is 64.4 cm³/mol. The van der Waals surface area contributed by atoms with E-state index in [0.717, 1.165) is 5.56 Å². The number of aliphatic carboxylic acids is 1. The Labute approximate surface area is 98.8 Å². The Hall–Kier alpha value is -1.66. The van der Waals surface area contributed by atoms with Crippen LogP contribution in [0.1, 0.15) is 5.56 Å². The summed E-state index contributed by atoms with van der Waals surface area (Å²) in [5.41, 5.74) is 3.26. The van der Waals surface area contributed by atoms with E-state index in [2.05, 4.69) is 5.43 Å². The van der Waals surface area contributed by atoms with E-state index in [-0.39, 0.29) is 11.7 Å². The number of nitrogens with one attached hydrogen (secondary N) is 1. The van der Waals surface area contributed by atoms with Gasteiger partial charge in [0.15, 0.2) is 5.11 Å². The number of carbonyl (C=O) groups is 1. The maximum atomic E-state index is 10.7. The van der Waals surface area contributed by atoms with Crippen molar-refractivity contribution in [2.24, 2.45) is 5.84 Å². The van der Waals surface area contributed by atoms with Crippen LogP contribution in [0, 0.1) is 0 Å². The number of carboxylic acids is 1. The minimum absolute atomic E-state index is 0.183. The molecule has 0 atom stereocenters. The fourth-order valence-electron chi connectivity index (χ4n) is 1.26. The van der Waals surface area contributed by atoms with Crippen LogP contribution in [0.3, 0.4) is 0 Å². The third kappa shape index (κ3) is 3.84. The number of hydrazine groups is 1. The van der Waals surface area contributed by atoms with Crippen molar-refractivity contribution < 1.29 is 9.90 Å². The van der Waals surface area contributed by atoms with Crippen molar-refractivity contribution in [1.82, 2.24) is 10.3 Å². The largest absolute Gasteiger partial charge is 0.480 e. The summed E-state index contributed by atoms with van der Waals surface area (Å²) in [7, 11) is 0. The number of benzene rings is 1. The molecule has 0 amide bonds. The molecule has 0 unspecified atom stereocenters. The number of nitrogens with zero attached hydrogens (tertiary/aromatic N) is 1. The molecular weight excluding hydrogens is 226 g/mol. The van der Waals surface area contributed by atoms with E-state index in [1.54, 1.807) is 0 Å². The molecule has 1 rings (SSSR count). The number of thiocarbonyl (C=S) groups is 1. The third-order valence-corrected chi connectivity index (χ3v) is 2.33. The van der Waals surface area contributed by atoms with E-state index in [1.807, 2.05) is 30.3 Å². The Morgan fingerprint density at radius 2 is 2.06 bits per heavy atom. The summed E-state index contributed by atoms with van der Waals surface area (Å²) in [5.74, 6) is 4.23. The van der Waals surface area contributed by atoms with Gasteiger partial charge in [0.25, 0.3) is 0 Å². The maximum Gasteiger partial charge on any atom is 0.323 e. The minimum atomic E-state index is -0.950. The number of rotatable bonds is 4. The van der Waals surface area contributed by atoms with Gasteiger partial charge in [0.1, 0.15) is 6.54 Å². The fourth-order valence-corrected chi connectivity index (χ4v) is 1.39. The second kappa shape index (κ2) is 6.04. The highest BCUT2D eigenvalue weighted by molar-refractivity contribution is 7.80. The van der Waals surface area contributed by atoms with E-state index in [9.17, 15) is 4.79 Å². The molecule has 0 fully saturated rings. The van der Waals surface area contributed by atoms with Crippen LogP contribution in [0.5, 0.6) is 0 Å². The van der Waals surface area contributed by atoms with Gasteiger partial charge in [-0.25, -0.2) is 5.84 Å². The lowest BCUT2D eigenvalue weighted by molar-refractivity contribution is -0.137. The lowest BCUT2D eigenvalue weighted by Crippen LogP contribution is -2.44. The first-order chi connectivity index (χ1) is 7.63. The van der Waals surface area contributed by atoms with Crippen molar-refractivity contribution in [2.75, 3.05) is 6.54 Å². The van der Waals surface area contributed by atoms with Gasteiger partial charge < -0.3 is 15.4 Å². The molecule has 4 N–H and O–H groups in total. The molecule has 1 aromatic carbocycles. The first-order valence-electron chi connectivity index (χ1n) is 4.64. The number of hydrogen-bond acceptors (Lipinski definition) is 3. The summed E-state index contributed by atoms with van der Waals surface area (Å²) in [4.78, 5) is 12.1. The molecule has 0 aliphatic rings. The minimum Gasteiger partial charge on any atom is -0.480 e. The monoisotopic (exact) mass is 239 g/mol. The normalized spacial score (nSPS) is 9.56. The van der Waals surface area contributed by atoms with Crippen LogP contribution < -0.4 is 11.3 Å². The molecule has 6 heteroatoms. The second-order valence-corrected chi connectivity index (χ2v) is 3.57. The van der Waals surface area contributed by atoms with E-state index in [0.29, 0.717) is 6.54 Å². The zero-order valence-electron chi connectivity index (χ0n) is 8.59. The first-order valence-corrected chi connectivity index (χ1v) is 5.05. The van der Waals surface area contributed by atoms with Crippen molar-refractivity contribution >= 4 is 23.3 Å². The topological polar surface area (TPSA) is 78.6 Å². The molecular formula is C10H13N3O2S. The Morgan fingerprint density at radius 1 is 1.44 bits per heavy atom. The van der Waals surface area contributed by atoms with Gasteiger partial charge in [-0.1, -0.05) is 30.3 Å². The van der Waals surface area contributed by atoms with Crippen LogP contribution in [0.4, 0.5) is 0 Å². The zero-order chi connectivity index (χ0) is 12.0. The molecule has 86 valence electrons. The summed E-state index contributed by atoms with van der Waals surface area (Å²) in [6.07, 6.45) is 0. The van der Waals surface area contributed by atoms with E-state index in [4.69, 9.17) is 23.2 Å². The van der Waals surface area contributed by atoms with Gasteiger partial charge in [-0.15, -0.1) is 0 Å². The fraction of sp³-hybridized carbons (Fsp3) is 0.200. The molecule has 5 nitrogen and oxygen atoms in total. The molecule has 0 aromatic heterocycles. The quantitative estimate of drug-likeness (QED) is 0.399. The highest BCUT2D eigenvalue weighted by Gasteiger charge is 2.12. The summed E-state index contributed by atoms with van der Waals surface area (Å²) < 4.78 is 0. The highest BCUT2D eigenvalue weighted by Crippen LogP contribution is 2.04. The van der Waals surface area contributed by atoms with Gasteiger partial charge in [-0.2, -0.15) is 0 Å². The summed E-state index contributed by atoms with van der Waals surface area (Å²) in [6, 6.07) is 9.45. The standard InChI is InChI=1S/C10H13N3O2S/c11-12-10(16)13(7-9(14)15)6-8-4-2-1-3-5-8/h1-5H,6-7,11H2,(H,12,16)(H,14,15). The molecule has 0 radical (unpaired) electrons. The average Bonchev–Trinajstić information content (AvgIpc) is 2.28. The first kappa shape index (κ1) is 12.4. The Morgan fingerprint density at radius 3 is 2.56 bits per heavy atom. The Kier molecular flexibility index (Phi) is 4.68. The SMILES string of the molecule is NNC(=S)N(CC(=O)O)Cc1ccccc1. The van der Waals surface area contributed by atoms with Crippen molar-refractivity contribution in [3.63, 3.8) is 0 Å². The van der Waals surface area contributed by atoms with Crippen LogP contribution in [0.15, 0.2) is 30.3 Å². The third-order valence-electron chi connectivity index (χ3n) is 1.95. The van der Waals surface area contributed by atoms with Gasteiger partial charge in [-0.3, -0.25) is 4.79 Å². The van der Waals surface area contributed by atoms with Gasteiger partial charge in [0.05, 0.1) is 0 Å². The summed E-state index contributed by atoms with van der Waals surface area (Å²) in [6.45, 7) is 0.230. The lowest BCUT2D eigenvalue weighted by atomic mass is 10.2. The molecule has 1 aromatic rings. The molecule has 0 saturated carbocycles. The van der Waals surface area contributed by atoms with Crippen molar-refractivity contribution in [2.45, 2.75) is 6.54 Å². The molecule has 0 heterocycles. The lowest BCUT2D eigenvalue weighted by Gasteiger charge is -2.22. The van der Waals surface area contributed by atoms with Crippen molar-refractivity contribution in [3.8, 4) is 0 Å². The van der Waals surface area contributed by atoms with Crippen LogP contribution in [0.25, 0.3) is 0 Å². The van der Waals surface area contributed by atoms with Crippen LogP contribution in [-0.4, -0.2) is 27.6 Å². The molecule has 0 aliphatic carbocycles. The Bertz CT molecular complexity index is 370. The summed E-state index contributed by atoms with van der Waals surface area (Å²) in [5, 5.41) is 8.95. The van der Waals surface area contributed by atoms with Crippen molar-refractivity contribution in [1.29, 1.82) is 0 Å². The van der Waals surface area contributed by atoms with Crippen LogP contribution >= 0.6 is 12.2 Å². The maximum absolute atomic E-state index is 10.7. The van der Waals surface area contributed by atoms with Gasteiger partial charge in [0, 0.05) is 6.54 Å². The van der Waals surface area contributed by atoms with Gasteiger partial charge in [0.2, 0.25) is 0 Å². The number of carboxylic acid groups (broad SMARTS) is 1. The van der Waals surface area contributed by atoms with Crippen molar-refractivity contribution in [3.05, 3.63) is 35.9 Å². The van der Waals surface area contributed by atoms with Crippen LogP contribution in [0.2, 0.25) is 0 Å². The van der Waals surface area contributed by atoms with E-state index < -0.39 is 5.97 Å². The second-order valence-electron chi connectivity index (χ2n) is 3.18. The Balaban J connectivity index is 2.70. The van der Waals surface area contributed by atoms with E-state index in [1.165, 1.54) is 4.90 Å². The van der Waals surface area contributed by atoms with Crippen LogP contribution in [-0.2, 0) is 11.3 Å². The van der Waals surface area contributed by atoms with E-state index >= 15 is 0 Å². The predicted octanol–water partition coefficient (Wildman–Crippen LogP) is 0.321. The number of hydrogen-bond donors (Lipinski definition) is 3. The van der Waals surface area contributed by atoms with Gasteiger partial charge >= 0.3 is 5.97 Å². The smallest absolute Gasteiger partial charge is 0.323 e. The highest BCUT2D eigenvalue weighted by atomic mass is 32.1. The molecule has 0 spiro atoms. The average molecular weight is 239 g/mol.